The van der Waals surface area contributed by atoms with E-state index in [-0.39, 0.29) is 23.6 Å². The molecule has 2 aliphatic heterocycles. The molecule has 162 valence electrons. The van der Waals surface area contributed by atoms with Crippen LogP contribution in [0.3, 0.4) is 0 Å². The summed E-state index contributed by atoms with van der Waals surface area (Å²) in [6.07, 6.45) is 10.6. The zero-order chi connectivity index (χ0) is 21.4. The van der Waals surface area contributed by atoms with Crippen LogP contribution in [-0.4, -0.2) is 59.1 Å². The predicted molar refractivity (Wildman–Crippen MR) is 117 cm³/mol. The van der Waals surface area contributed by atoms with Gasteiger partial charge in [0, 0.05) is 37.7 Å². The van der Waals surface area contributed by atoms with E-state index in [1.54, 1.807) is 6.20 Å². The first kappa shape index (κ1) is 20.4. The SMILES string of the molecule is N#CC1=C(N2CCC3(CC2)CC3)c2cc(C(=O)CCCN3CCCC3)ncc2CC1=O. The Morgan fingerprint density at radius 3 is 2.55 bits per heavy atom. The van der Waals surface area contributed by atoms with Crippen molar-refractivity contribution in [1.82, 2.24) is 14.8 Å². The van der Waals surface area contributed by atoms with Crippen LogP contribution in [-0.2, 0) is 11.2 Å². The topological polar surface area (TPSA) is 77.3 Å². The summed E-state index contributed by atoms with van der Waals surface area (Å²) in [7, 11) is 0. The average molecular weight is 419 g/mol. The Morgan fingerprint density at radius 1 is 1.13 bits per heavy atom. The molecule has 0 unspecified atom stereocenters. The first-order valence-corrected chi connectivity index (χ1v) is 11.8. The Balaban J connectivity index is 1.37. The van der Waals surface area contributed by atoms with Crippen LogP contribution < -0.4 is 0 Å². The van der Waals surface area contributed by atoms with Gasteiger partial charge in [0.2, 0.25) is 0 Å². The van der Waals surface area contributed by atoms with Gasteiger partial charge in [-0.05, 0) is 81.6 Å². The molecule has 0 amide bonds. The maximum absolute atomic E-state index is 12.9. The third kappa shape index (κ3) is 4.04. The Labute approximate surface area is 183 Å². The standard InChI is InChI=1S/C25H30N4O2/c26-16-20-23(31)14-18-17-27-21(22(30)4-3-11-28-9-1-2-10-28)15-19(18)24(20)29-12-7-25(5-6-25)8-13-29/h15,17H,1-14H2. The van der Waals surface area contributed by atoms with E-state index in [1.807, 2.05) is 6.07 Å². The molecule has 31 heavy (non-hydrogen) atoms. The molecule has 0 aromatic carbocycles. The van der Waals surface area contributed by atoms with E-state index in [4.69, 9.17) is 0 Å². The number of pyridine rings is 1. The molecular formula is C25H30N4O2. The number of rotatable bonds is 6. The van der Waals surface area contributed by atoms with Gasteiger partial charge in [0.05, 0.1) is 5.70 Å². The van der Waals surface area contributed by atoms with Gasteiger partial charge >= 0.3 is 0 Å². The molecular weight excluding hydrogens is 388 g/mol. The summed E-state index contributed by atoms with van der Waals surface area (Å²) in [5, 5.41) is 9.76. The summed E-state index contributed by atoms with van der Waals surface area (Å²) >= 11 is 0. The lowest BCUT2D eigenvalue weighted by molar-refractivity contribution is -0.114. The predicted octanol–water partition coefficient (Wildman–Crippen LogP) is 3.38. The molecule has 4 aliphatic rings. The van der Waals surface area contributed by atoms with Gasteiger partial charge in [-0.1, -0.05) is 0 Å². The monoisotopic (exact) mass is 418 g/mol. The van der Waals surface area contributed by atoms with Crippen LogP contribution in [0.1, 0.15) is 73.0 Å². The van der Waals surface area contributed by atoms with Crippen molar-refractivity contribution in [2.24, 2.45) is 5.41 Å². The third-order valence-corrected chi connectivity index (χ3v) is 7.68. The van der Waals surface area contributed by atoms with Crippen molar-refractivity contribution in [2.45, 2.75) is 57.8 Å². The number of allylic oxidation sites excluding steroid dienone is 1. The van der Waals surface area contributed by atoms with Crippen molar-refractivity contribution >= 4 is 17.3 Å². The summed E-state index contributed by atoms with van der Waals surface area (Å²) in [5.41, 5.74) is 3.65. The van der Waals surface area contributed by atoms with Gasteiger partial charge < -0.3 is 9.80 Å². The minimum atomic E-state index is -0.136. The molecule has 3 heterocycles. The summed E-state index contributed by atoms with van der Waals surface area (Å²) in [6.45, 7) is 4.98. The van der Waals surface area contributed by atoms with Crippen LogP contribution in [0.4, 0.5) is 0 Å². The fraction of sp³-hybridized carbons (Fsp3) is 0.600. The Hall–Kier alpha value is -2.52. The van der Waals surface area contributed by atoms with Crippen molar-refractivity contribution in [2.75, 3.05) is 32.7 Å². The number of fused-ring (bicyclic) bond motifs is 1. The molecule has 3 fully saturated rings. The Kier molecular flexibility index (Phi) is 5.39. The molecule has 2 aliphatic carbocycles. The number of carbonyl (C=O) groups excluding carboxylic acids is 2. The quantitative estimate of drug-likeness (QED) is 0.659. The first-order valence-electron chi connectivity index (χ1n) is 11.8. The highest BCUT2D eigenvalue weighted by molar-refractivity contribution is 6.10. The zero-order valence-electron chi connectivity index (χ0n) is 18.2. The van der Waals surface area contributed by atoms with Crippen LogP contribution in [0.25, 0.3) is 5.70 Å². The second-order valence-corrected chi connectivity index (χ2v) is 9.72. The van der Waals surface area contributed by atoms with Gasteiger partial charge in [-0.3, -0.25) is 14.6 Å². The highest BCUT2D eigenvalue weighted by Gasteiger charge is 2.45. The van der Waals surface area contributed by atoms with Crippen molar-refractivity contribution in [1.29, 1.82) is 5.26 Å². The number of ketones is 2. The Morgan fingerprint density at radius 2 is 1.87 bits per heavy atom. The van der Waals surface area contributed by atoms with Crippen LogP contribution >= 0.6 is 0 Å². The maximum Gasteiger partial charge on any atom is 0.181 e. The van der Waals surface area contributed by atoms with Gasteiger partial charge in [0.25, 0.3) is 0 Å². The average Bonchev–Trinajstić information content (AvgIpc) is 3.32. The second-order valence-electron chi connectivity index (χ2n) is 9.72. The van der Waals surface area contributed by atoms with E-state index in [0.29, 0.717) is 17.5 Å². The first-order chi connectivity index (χ1) is 15.1. The van der Waals surface area contributed by atoms with E-state index < -0.39 is 0 Å². The maximum atomic E-state index is 12.9. The molecule has 1 aromatic heterocycles. The summed E-state index contributed by atoms with van der Waals surface area (Å²) in [6, 6.07) is 4.01. The van der Waals surface area contributed by atoms with Crippen molar-refractivity contribution in [3.8, 4) is 6.07 Å². The molecule has 5 rings (SSSR count). The number of likely N-dealkylation sites (tertiary alicyclic amines) is 2. The lowest BCUT2D eigenvalue weighted by Crippen LogP contribution is -2.36. The highest BCUT2D eigenvalue weighted by Crippen LogP contribution is 2.54. The van der Waals surface area contributed by atoms with Gasteiger partial charge in [-0.25, -0.2) is 0 Å². The molecule has 6 heteroatoms. The number of hydrogen-bond donors (Lipinski definition) is 0. The van der Waals surface area contributed by atoms with Gasteiger partial charge in [-0.15, -0.1) is 0 Å². The fourth-order valence-corrected chi connectivity index (χ4v) is 5.45. The lowest BCUT2D eigenvalue weighted by Gasteiger charge is -2.37. The van der Waals surface area contributed by atoms with Crippen LogP contribution in [0.2, 0.25) is 0 Å². The minimum absolute atomic E-state index is 0.0485. The molecule has 1 aromatic rings. The number of hydrogen-bond acceptors (Lipinski definition) is 6. The summed E-state index contributed by atoms with van der Waals surface area (Å²) < 4.78 is 0. The van der Waals surface area contributed by atoms with Gasteiger partial charge in [0.15, 0.2) is 11.6 Å². The molecule has 0 N–H and O–H groups in total. The lowest BCUT2D eigenvalue weighted by atomic mass is 9.86. The fourth-order valence-electron chi connectivity index (χ4n) is 5.45. The van der Waals surface area contributed by atoms with E-state index in [9.17, 15) is 14.9 Å². The molecule has 1 spiro atoms. The number of carbonyl (C=O) groups is 2. The number of nitrogens with zero attached hydrogens (tertiary/aromatic N) is 4. The van der Waals surface area contributed by atoms with E-state index in [1.165, 1.54) is 25.7 Å². The third-order valence-electron chi connectivity index (χ3n) is 7.68. The second kappa shape index (κ2) is 8.20. The molecule has 6 nitrogen and oxygen atoms in total. The molecule has 0 atom stereocenters. The van der Waals surface area contributed by atoms with E-state index in [2.05, 4.69) is 20.9 Å². The normalized spacial score (nSPS) is 22.5. The van der Waals surface area contributed by atoms with Crippen LogP contribution in [0.15, 0.2) is 17.8 Å². The van der Waals surface area contributed by atoms with Crippen LogP contribution in [0.5, 0.6) is 0 Å². The molecule has 1 saturated carbocycles. The van der Waals surface area contributed by atoms with E-state index in [0.717, 1.165) is 68.8 Å². The van der Waals surface area contributed by atoms with Gasteiger partial charge in [0.1, 0.15) is 17.3 Å². The zero-order valence-corrected chi connectivity index (χ0v) is 18.2. The molecule has 2 saturated heterocycles. The number of piperidine rings is 1. The largest absolute Gasteiger partial charge is 0.370 e. The molecule has 0 bridgehead atoms. The molecule has 0 radical (unpaired) electrons. The van der Waals surface area contributed by atoms with E-state index >= 15 is 0 Å². The smallest absolute Gasteiger partial charge is 0.181 e. The summed E-state index contributed by atoms with van der Waals surface area (Å²) in [4.78, 5) is 34.5. The van der Waals surface area contributed by atoms with Gasteiger partial charge in [-0.2, -0.15) is 5.26 Å². The number of aromatic nitrogens is 1. The minimum Gasteiger partial charge on any atom is -0.370 e. The number of Topliss-reactive ketones (excluding diaryl/α,β-unsaturated/α-hetero) is 2. The highest BCUT2D eigenvalue weighted by atomic mass is 16.1. The van der Waals surface area contributed by atoms with Crippen molar-refractivity contribution in [3.63, 3.8) is 0 Å². The van der Waals surface area contributed by atoms with Crippen molar-refractivity contribution < 1.29 is 9.59 Å². The van der Waals surface area contributed by atoms with Crippen LogP contribution in [0, 0.1) is 16.7 Å². The summed E-state index contributed by atoms with van der Waals surface area (Å²) in [5.74, 6) is -0.0875. The Bertz CT molecular complexity index is 970. The number of nitriles is 1. The van der Waals surface area contributed by atoms with Crippen molar-refractivity contribution in [3.05, 3.63) is 34.7 Å².